The van der Waals surface area contributed by atoms with E-state index in [-0.39, 0.29) is 18.0 Å². The molecule has 1 aliphatic rings. The SMILES string of the molecule is CCOCC(NC(=O)N1CCN(C(=O)c2cc3ccccc3[nH]2)CC1)C(C)C. The van der Waals surface area contributed by atoms with Crippen LogP contribution in [0.2, 0.25) is 0 Å². The van der Waals surface area contributed by atoms with Crippen molar-refractivity contribution in [1.82, 2.24) is 20.1 Å². The Bertz CT molecular complexity index is 776. The number of urea groups is 1. The third-order valence-electron chi connectivity index (χ3n) is 5.23. The van der Waals surface area contributed by atoms with Gasteiger partial charge in [-0.2, -0.15) is 0 Å². The van der Waals surface area contributed by atoms with Crippen LogP contribution in [-0.2, 0) is 4.74 Å². The van der Waals surface area contributed by atoms with E-state index in [0.717, 1.165) is 10.9 Å². The van der Waals surface area contributed by atoms with Gasteiger partial charge in [-0.3, -0.25) is 4.79 Å². The molecule has 3 amide bonds. The molecule has 0 saturated carbocycles. The number of amides is 3. The Morgan fingerprint density at radius 3 is 2.46 bits per heavy atom. The Kier molecular flexibility index (Phi) is 6.57. The van der Waals surface area contributed by atoms with Crippen molar-refractivity contribution >= 4 is 22.8 Å². The monoisotopic (exact) mass is 386 g/mol. The lowest BCUT2D eigenvalue weighted by molar-refractivity contribution is 0.0649. The third kappa shape index (κ3) is 4.65. The third-order valence-corrected chi connectivity index (χ3v) is 5.23. The summed E-state index contributed by atoms with van der Waals surface area (Å²) >= 11 is 0. The van der Waals surface area contributed by atoms with Crippen LogP contribution < -0.4 is 5.32 Å². The second-order valence-electron chi connectivity index (χ2n) is 7.51. The number of ether oxygens (including phenoxy) is 1. The number of piperazine rings is 1. The number of fused-ring (bicyclic) bond motifs is 1. The smallest absolute Gasteiger partial charge is 0.317 e. The quantitative estimate of drug-likeness (QED) is 0.801. The van der Waals surface area contributed by atoms with Crippen molar-refractivity contribution in [2.24, 2.45) is 5.92 Å². The van der Waals surface area contributed by atoms with Gasteiger partial charge < -0.3 is 24.8 Å². The fraction of sp³-hybridized carbons (Fsp3) is 0.524. The molecule has 7 nitrogen and oxygen atoms in total. The van der Waals surface area contributed by atoms with Gasteiger partial charge in [0, 0.05) is 43.7 Å². The largest absolute Gasteiger partial charge is 0.380 e. The van der Waals surface area contributed by atoms with Crippen molar-refractivity contribution in [2.75, 3.05) is 39.4 Å². The van der Waals surface area contributed by atoms with E-state index in [1.807, 2.05) is 37.3 Å². The number of carbonyl (C=O) groups excluding carboxylic acids is 2. The first-order valence-electron chi connectivity index (χ1n) is 9.99. The number of rotatable bonds is 6. The number of para-hydroxylation sites is 1. The Morgan fingerprint density at radius 2 is 1.82 bits per heavy atom. The number of aromatic nitrogens is 1. The number of hydrogen-bond donors (Lipinski definition) is 2. The van der Waals surface area contributed by atoms with E-state index in [4.69, 9.17) is 4.74 Å². The van der Waals surface area contributed by atoms with Crippen molar-refractivity contribution in [3.05, 3.63) is 36.0 Å². The molecule has 1 aromatic heterocycles. The van der Waals surface area contributed by atoms with Crippen LogP contribution >= 0.6 is 0 Å². The number of nitrogens with one attached hydrogen (secondary N) is 2. The van der Waals surface area contributed by atoms with E-state index in [2.05, 4.69) is 24.1 Å². The van der Waals surface area contributed by atoms with E-state index in [9.17, 15) is 9.59 Å². The standard InChI is InChI=1S/C21H30N4O3/c1-4-28-14-19(15(2)3)23-21(27)25-11-9-24(10-12-25)20(26)18-13-16-7-5-6-8-17(16)22-18/h5-8,13,15,19,22H,4,9-12,14H2,1-3H3,(H,23,27). The maximum atomic E-state index is 12.8. The Morgan fingerprint density at radius 1 is 1.14 bits per heavy atom. The first-order chi connectivity index (χ1) is 13.5. The molecule has 1 fully saturated rings. The average Bonchev–Trinajstić information content (AvgIpc) is 3.14. The molecule has 1 aromatic carbocycles. The number of benzene rings is 1. The predicted octanol–water partition coefficient (Wildman–Crippen LogP) is 2.70. The molecular weight excluding hydrogens is 356 g/mol. The normalized spacial score (nSPS) is 15.9. The molecule has 1 aliphatic heterocycles. The minimum atomic E-state index is -0.0869. The van der Waals surface area contributed by atoms with Crippen molar-refractivity contribution in [3.8, 4) is 0 Å². The molecule has 0 aliphatic carbocycles. The average molecular weight is 386 g/mol. The fourth-order valence-electron chi connectivity index (χ4n) is 3.37. The van der Waals surface area contributed by atoms with Gasteiger partial charge in [-0.1, -0.05) is 32.0 Å². The summed E-state index contributed by atoms with van der Waals surface area (Å²) in [4.78, 5) is 32.1. The number of nitrogens with zero attached hydrogens (tertiary/aromatic N) is 2. The molecule has 1 saturated heterocycles. The van der Waals surface area contributed by atoms with Crippen molar-refractivity contribution in [3.63, 3.8) is 0 Å². The second-order valence-corrected chi connectivity index (χ2v) is 7.51. The topological polar surface area (TPSA) is 77.7 Å². The lowest BCUT2D eigenvalue weighted by Gasteiger charge is -2.35. The van der Waals surface area contributed by atoms with E-state index in [1.54, 1.807) is 9.80 Å². The molecule has 28 heavy (non-hydrogen) atoms. The van der Waals surface area contributed by atoms with Crippen LogP contribution in [0, 0.1) is 5.92 Å². The minimum absolute atomic E-state index is 0.0153. The zero-order valence-corrected chi connectivity index (χ0v) is 16.9. The maximum absolute atomic E-state index is 12.8. The first-order valence-corrected chi connectivity index (χ1v) is 9.99. The van der Waals surface area contributed by atoms with Gasteiger partial charge in [0.1, 0.15) is 5.69 Å². The van der Waals surface area contributed by atoms with Gasteiger partial charge in [-0.05, 0) is 25.0 Å². The van der Waals surface area contributed by atoms with Crippen molar-refractivity contribution in [2.45, 2.75) is 26.8 Å². The van der Waals surface area contributed by atoms with Crippen LogP contribution in [0.25, 0.3) is 10.9 Å². The number of hydrogen-bond acceptors (Lipinski definition) is 3. The Balaban J connectivity index is 1.54. The van der Waals surface area contributed by atoms with Gasteiger partial charge in [0.2, 0.25) is 0 Å². The summed E-state index contributed by atoms with van der Waals surface area (Å²) in [6.45, 7) is 9.34. The highest BCUT2D eigenvalue weighted by molar-refractivity contribution is 5.98. The van der Waals surface area contributed by atoms with Gasteiger partial charge in [-0.25, -0.2) is 4.79 Å². The van der Waals surface area contributed by atoms with Gasteiger partial charge >= 0.3 is 6.03 Å². The molecular formula is C21H30N4O3. The minimum Gasteiger partial charge on any atom is -0.380 e. The van der Waals surface area contributed by atoms with Gasteiger partial charge in [0.15, 0.2) is 0 Å². The first kappa shape index (κ1) is 20.2. The highest BCUT2D eigenvalue weighted by Gasteiger charge is 2.27. The highest BCUT2D eigenvalue weighted by Crippen LogP contribution is 2.17. The lowest BCUT2D eigenvalue weighted by atomic mass is 10.1. The zero-order valence-electron chi connectivity index (χ0n) is 16.9. The molecule has 3 rings (SSSR count). The molecule has 0 spiro atoms. The maximum Gasteiger partial charge on any atom is 0.317 e. The molecule has 2 N–H and O–H groups in total. The predicted molar refractivity (Wildman–Crippen MR) is 109 cm³/mol. The molecule has 2 aromatic rings. The Hall–Kier alpha value is -2.54. The second kappa shape index (κ2) is 9.10. The van der Waals surface area contributed by atoms with Crippen LogP contribution in [0.4, 0.5) is 4.79 Å². The summed E-state index contributed by atoms with van der Waals surface area (Å²) in [6.07, 6.45) is 0. The summed E-state index contributed by atoms with van der Waals surface area (Å²) in [5.41, 5.74) is 1.55. The molecule has 0 bridgehead atoms. The summed E-state index contributed by atoms with van der Waals surface area (Å²) in [6, 6.07) is 9.63. The number of carbonyl (C=O) groups is 2. The molecule has 2 heterocycles. The molecule has 0 radical (unpaired) electrons. The van der Waals surface area contributed by atoms with Crippen molar-refractivity contribution in [1.29, 1.82) is 0 Å². The number of H-pyrrole nitrogens is 1. The van der Waals surface area contributed by atoms with E-state index in [0.29, 0.717) is 51.0 Å². The molecule has 1 atom stereocenters. The van der Waals surface area contributed by atoms with Gasteiger partial charge in [-0.15, -0.1) is 0 Å². The molecule has 7 heteroatoms. The lowest BCUT2D eigenvalue weighted by Crippen LogP contribution is -2.55. The molecule has 1 unspecified atom stereocenters. The van der Waals surface area contributed by atoms with Crippen LogP contribution in [0.3, 0.4) is 0 Å². The molecule has 152 valence electrons. The van der Waals surface area contributed by atoms with Crippen LogP contribution in [0.5, 0.6) is 0 Å². The summed E-state index contributed by atoms with van der Waals surface area (Å²) in [5.74, 6) is 0.271. The van der Waals surface area contributed by atoms with Crippen molar-refractivity contribution < 1.29 is 14.3 Å². The van der Waals surface area contributed by atoms with Gasteiger partial charge in [0.25, 0.3) is 5.91 Å². The van der Waals surface area contributed by atoms with E-state index < -0.39 is 0 Å². The zero-order chi connectivity index (χ0) is 20.1. The van der Waals surface area contributed by atoms with E-state index >= 15 is 0 Å². The number of aromatic amines is 1. The van der Waals surface area contributed by atoms with Crippen LogP contribution in [0.15, 0.2) is 30.3 Å². The van der Waals surface area contributed by atoms with Crippen LogP contribution in [-0.4, -0.2) is 72.2 Å². The van der Waals surface area contributed by atoms with Gasteiger partial charge in [0.05, 0.1) is 12.6 Å². The Labute approximate surface area is 166 Å². The summed E-state index contributed by atoms with van der Waals surface area (Å²) in [7, 11) is 0. The van der Waals surface area contributed by atoms with E-state index in [1.165, 1.54) is 0 Å². The fourth-order valence-corrected chi connectivity index (χ4v) is 3.37. The summed E-state index contributed by atoms with van der Waals surface area (Å²) < 4.78 is 5.48. The highest BCUT2D eigenvalue weighted by atomic mass is 16.5. The van der Waals surface area contributed by atoms with Crippen LogP contribution in [0.1, 0.15) is 31.3 Å². The summed E-state index contributed by atoms with van der Waals surface area (Å²) in [5, 5.41) is 4.09.